The van der Waals surface area contributed by atoms with Gasteiger partial charge in [0.05, 0.1) is 11.9 Å². The van der Waals surface area contributed by atoms with Gasteiger partial charge in [0.15, 0.2) is 0 Å². The second-order valence-corrected chi connectivity index (χ2v) is 5.77. The summed E-state index contributed by atoms with van der Waals surface area (Å²) in [6.45, 7) is 4.43. The van der Waals surface area contributed by atoms with Crippen LogP contribution in [0.25, 0.3) is 10.2 Å². The van der Waals surface area contributed by atoms with Gasteiger partial charge in [0.25, 0.3) is 0 Å². The minimum atomic E-state index is 0.244. The Labute approximate surface area is 118 Å². The zero-order valence-corrected chi connectivity index (χ0v) is 12.0. The van der Waals surface area contributed by atoms with Gasteiger partial charge in [-0.2, -0.15) is 0 Å². The summed E-state index contributed by atoms with van der Waals surface area (Å²) >= 11 is 7.53. The summed E-state index contributed by atoms with van der Waals surface area (Å²) in [7, 11) is 0. The average molecular weight is 295 g/mol. The van der Waals surface area contributed by atoms with Crippen LogP contribution >= 0.6 is 22.9 Å². The third-order valence-electron chi connectivity index (χ3n) is 2.60. The lowest BCUT2D eigenvalue weighted by molar-refractivity contribution is 0.391. The summed E-state index contributed by atoms with van der Waals surface area (Å²) in [5, 5.41) is 8.37. The number of anilines is 1. The van der Waals surface area contributed by atoms with E-state index in [0.717, 1.165) is 27.5 Å². The molecule has 0 amide bonds. The fourth-order valence-electron chi connectivity index (χ4n) is 1.83. The molecule has 3 aromatic heterocycles. The first kappa shape index (κ1) is 12.4. The first-order valence-electron chi connectivity index (χ1n) is 5.71. The van der Waals surface area contributed by atoms with Gasteiger partial charge in [-0.3, -0.25) is 0 Å². The van der Waals surface area contributed by atoms with Crippen molar-refractivity contribution >= 4 is 39.0 Å². The van der Waals surface area contributed by atoms with E-state index in [4.69, 9.17) is 16.1 Å². The Morgan fingerprint density at radius 3 is 2.89 bits per heavy atom. The number of rotatable bonds is 3. The highest BCUT2D eigenvalue weighted by atomic mass is 35.5. The number of hydrogen-bond donors (Lipinski definition) is 1. The maximum Gasteiger partial charge on any atom is 0.225 e. The zero-order valence-electron chi connectivity index (χ0n) is 10.4. The van der Waals surface area contributed by atoms with Crippen molar-refractivity contribution < 1.29 is 4.52 Å². The number of nitrogens with zero attached hydrogens (tertiary/aromatic N) is 3. The van der Waals surface area contributed by atoms with Crippen molar-refractivity contribution in [3.63, 3.8) is 0 Å². The molecule has 3 heterocycles. The Morgan fingerprint density at radius 2 is 2.16 bits per heavy atom. The molecular weight excluding hydrogens is 284 g/mol. The summed E-state index contributed by atoms with van der Waals surface area (Å²) in [6.07, 6.45) is 0. The molecule has 0 bridgehead atoms. The summed E-state index contributed by atoms with van der Waals surface area (Å²) < 4.78 is 5.02. The van der Waals surface area contributed by atoms with E-state index in [9.17, 15) is 0 Å². The van der Waals surface area contributed by atoms with Gasteiger partial charge in [-0.15, -0.1) is 11.3 Å². The van der Waals surface area contributed by atoms with E-state index in [1.807, 2.05) is 26.0 Å². The van der Waals surface area contributed by atoms with Crippen LogP contribution in [0, 0.1) is 13.8 Å². The van der Waals surface area contributed by atoms with E-state index in [1.54, 1.807) is 11.3 Å². The molecule has 0 spiro atoms. The summed E-state index contributed by atoms with van der Waals surface area (Å²) in [6, 6.07) is 3.93. The highest BCUT2D eigenvalue weighted by molar-refractivity contribution is 7.18. The standard InChI is InChI=1S/C12H11ClN4OS/c1-6-3-8(17-18-6)5-14-10-9-4-7(2)19-11(9)16-12(13)15-10/h3-4H,5H2,1-2H3,(H,14,15,16). The van der Waals surface area contributed by atoms with E-state index < -0.39 is 0 Å². The third-order valence-corrected chi connectivity index (χ3v) is 3.72. The number of halogens is 1. The highest BCUT2D eigenvalue weighted by Gasteiger charge is 2.10. The molecular formula is C12H11ClN4OS. The number of hydrogen-bond acceptors (Lipinski definition) is 6. The van der Waals surface area contributed by atoms with Gasteiger partial charge < -0.3 is 9.84 Å². The monoisotopic (exact) mass is 294 g/mol. The number of fused-ring (bicyclic) bond motifs is 1. The van der Waals surface area contributed by atoms with Crippen molar-refractivity contribution in [1.82, 2.24) is 15.1 Å². The Kier molecular flexibility index (Phi) is 3.12. The molecule has 0 aromatic carbocycles. The fraction of sp³-hybridized carbons (Fsp3) is 0.250. The quantitative estimate of drug-likeness (QED) is 0.748. The van der Waals surface area contributed by atoms with Crippen LogP contribution in [-0.4, -0.2) is 15.1 Å². The van der Waals surface area contributed by atoms with Gasteiger partial charge in [0.1, 0.15) is 22.1 Å². The van der Waals surface area contributed by atoms with Crippen LogP contribution in [0.3, 0.4) is 0 Å². The third kappa shape index (κ3) is 2.54. The largest absolute Gasteiger partial charge is 0.364 e. The van der Waals surface area contributed by atoms with E-state index in [2.05, 4.69) is 20.4 Å². The van der Waals surface area contributed by atoms with E-state index in [0.29, 0.717) is 6.54 Å². The van der Waals surface area contributed by atoms with Crippen molar-refractivity contribution in [2.75, 3.05) is 5.32 Å². The predicted octanol–water partition coefficient (Wildman–Crippen LogP) is 3.56. The molecule has 0 radical (unpaired) electrons. The maximum absolute atomic E-state index is 5.93. The Morgan fingerprint density at radius 1 is 1.32 bits per heavy atom. The number of thiophene rings is 1. The molecule has 0 aliphatic carbocycles. The lowest BCUT2D eigenvalue weighted by Gasteiger charge is -2.04. The van der Waals surface area contributed by atoms with Crippen LogP contribution in [-0.2, 0) is 6.54 Å². The van der Waals surface area contributed by atoms with Gasteiger partial charge in [-0.05, 0) is 31.5 Å². The topological polar surface area (TPSA) is 63.8 Å². The van der Waals surface area contributed by atoms with E-state index in [1.165, 1.54) is 4.88 Å². The molecule has 7 heteroatoms. The molecule has 19 heavy (non-hydrogen) atoms. The zero-order chi connectivity index (χ0) is 13.4. The Bertz CT molecular complexity index is 736. The van der Waals surface area contributed by atoms with Crippen molar-refractivity contribution in [2.45, 2.75) is 20.4 Å². The SMILES string of the molecule is Cc1cc(CNc2nc(Cl)nc3sc(C)cc23)no1. The molecule has 0 saturated heterocycles. The molecule has 5 nitrogen and oxygen atoms in total. The smallest absolute Gasteiger partial charge is 0.225 e. The van der Waals surface area contributed by atoms with E-state index >= 15 is 0 Å². The molecule has 0 fully saturated rings. The first-order valence-corrected chi connectivity index (χ1v) is 6.91. The molecule has 3 aromatic rings. The molecule has 1 N–H and O–H groups in total. The lowest BCUT2D eigenvalue weighted by Crippen LogP contribution is -2.02. The van der Waals surface area contributed by atoms with Crippen LogP contribution in [0.4, 0.5) is 5.82 Å². The first-order chi connectivity index (χ1) is 9.11. The van der Waals surface area contributed by atoms with Crippen molar-refractivity contribution in [1.29, 1.82) is 0 Å². The van der Waals surface area contributed by atoms with E-state index in [-0.39, 0.29) is 5.28 Å². The molecule has 0 aliphatic rings. The second kappa shape index (κ2) is 4.79. The van der Waals surface area contributed by atoms with Crippen molar-refractivity contribution in [2.24, 2.45) is 0 Å². The fourth-order valence-corrected chi connectivity index (χ4v) is 2.92. The van der Waals surface area contributed by atoms with Gasteiger partial charge in [-0.1, -0.05) is 5.16 Å². The van der Waals surface area contributed by atoms with Crippen LogP contribution in [0.15, 0.2) is 16.7 Å². The Hall–Kier alpha value is -1.66. The highest BCUT2D eigenvalue weighted by Crippen LogP contribution is 2.29. The minimum absolute atomic E-state index is 0.244. The van der Waals surface area contributed by atoms with Crippen molar-refractivity contribution in [3.8, 4) is 0 Å². The Balaban J connectivity index is 1.91. The molecule has 0 aliphatic heterocycles. The maximum atomic E-state index is 5.93. The number of nitrogens with one attached hydrogen (secondary N) is 1. The molecule has 0 atom stereocenters. The molecule has 3 rings (SSSR count). The van der Waals surface area contributed by atoms with Gasteiger partial charge in [0, 0.05) is 10.9 Å². The van der Waals surface area contributed by atoms with Crippen LogP contribution in [0.2, 0.25) is 5.28 Å². The summed E-state index contributed by atoms with van der Waals surface area (Å²) in [5.74, 6) is 1.51. The molecule has 0 saturated carbocycles. The second-order valence-electron chi connectivity index (χ2n) is 4.20. The molecule has 0 unspecified atom stereocenters. The van der Waals surface area contributed by atoms with Gasteiger partial charge in [-0.25, -0.2) is 9.97 Å². The van der Waals surface area contributed by atoms with Crippen molar-refractivity contribution in [3.05, 3.63) is 33.7 Å². The van der Waals surface area contributed by atoms with Gasteiger partial charge in [0.2, 0.25) is 5.28 Å². The minimum Gasteiger partial charge on any atom is -0.364 e. The van der Waals surface area contributed by atoms with Crippen LogP contribution in [0.5, 0.6) is 0 Å². The van der Waals surface area contributed by atoms with Crippen LogP contribution in [0.1, 0.15) is 16.3 Å². The van der Waals surface area contributed by atoms with Gasteiger partial charge >= 0.3 is 0 Å². The summed E-state index contributed by atoms with van der Waals surface area (Å²) in [4.78, 5) is 10.5. The normalized spacial score (nSPS) is 11.1. The average Bonchev–Trinajstić information content (AvgIpc) is 2.91. The van der Waals surface area contributed by atoms with Crippen LogP contribution < -0.4 is 5.32 Å². The molecule has 98 valence electrons. The number of aromatic nitrogens is 3. The number of aryl methyl sites for hydroxylation is 2. The predicted molar refractivity (Wildman–Crippen MR) is 75.7 cm³/mol. The summed E-state index contributed by atoms with van der Waals surface area (Å²) in [5.41, 5.74) is 0.826. The lowest BCUT2D eigenvalue weighted by atomic mass is 10.3.